The Labute approximate surface area is 242 Å². The summed E-state index contributed by atoms with van der Waals surface area (Å²) in [5, 5.41) is 4.34. The van der Waals surface area contributed by atoms with E-state index in [2.05, 4.69) is 26.9 Å². The van der Waals surface area contributed by atoms with Crippen molar-refractivity contribution in [2.24, 2.45) is 0 Å². The molecule has 1 aromatic heterocycles. The molecule has 218 valence electrons. The highest BCUT2D eigenvalue weighted by Gasteiger charge is 2.34. The summed E-state index contributed by atoms with van der Waals surface area (Å²) in [5.74, 6) is 0.179. The van der Waals surface area contributed by atoms with Crippen LogP contribution in [0.25, 0.3) is 22.0 Å². The summed E-state index contributed by atoms with van der Waals surface area (Å²) in [5.41, 5.74) is 2.53. The number of hydrogen-bond donors (Lipinski definition) is 1. The lowest BCUT2D eigenvalue weighted by atomic mass is 9.96. The third-order valence-corrected chi connectivity index (χ3v) is 10.4. The number of halogens is 2. The molecule has 2 aromatic carbocycles. The Kier molecular flexibility index (Phi) is 7.27. The van der Waals surface area contributed by atoms with Gasteiger partial charge < -0.3 is 15.0 Å². The smallest absolute Gasteiger partial charge is 0.350 e. The molecule has 0 aliphatic carbocycles. The fraction of sp³-hybridized carbons (Fsp3) is 0.533. The van der Waals surface area contributed by atoms with Crippen molar-refractivity contribution in [3.05, 3.63) is 51.9 Å². The first-order valence-corrected chi connectivity index (χ1v) is 15.6. The van der Waals surface area contributed by atoms with E-state index in [9.17, 15) is 9.18 Å². The van der Waals surface area contributed by atoms with Gasteiger partial charge in [0.05, 0.1) is 30.8 Å². The lowest BCUT2D eigenvalue weighted by Gasteiger charge is -2.43. The molecule has 4 aliphatic rings. The number of nitrogens with zero attached hydrogens (tertiary/aromatic N) is 5. The van der Waals surface area contributed by atoms with Gasteiger partial charge in [-0.1, -0.05) is 0 Å². The van der Waals surface area contributed by atoms with E-state index in [0.29, 0.717) is 23.2 Å². The standard InChI is InChI=1S/C30H36F2N6O2S/c1-18-11-24-27-28(26(18)23-4-3-20(31)12-25(23)32)41-17-21(14-35-7-9-36(10-8-35)22-15-40-16-22)38(27)30(39)34-29(24)37-6-5-33-13-19(37)2/h3-4,11-12,19,21-22,33H,5-10,13-17H2,1-2H3/t19-,21-/m0/s1. The summed E-state index contributed by atoms with van der Waals surface area (Å²) < 4.78 is 36.3. The molecule has 7 rings (SSSR count). The molecule has 3 saturated heterocycles. The average Bonchev–Trinajstić information content (AvgIpc) is 2.92. The maximum absolute atomic E-state index is 15.2. The van der Waals surface area contributed by atoms with Gasteiger partial charge in [0.1, 0.15) is 17.5 Å². The Morgan fingerprint density at radius 2 is 1.93 bits per heavy atom. The molecule has 3 fully saturated rings. The summed E-state index contributed by atoms with van der Waals surface area (Å²) in [6, 6.07) is 6.45. The molecule has 3 aromatic rings. The van der Waals surface area contributed by atoms with Crippen LogP contribution >= 0.6 is 11.8 Å². The number of piperazine rings is 2. The summed E-state index contributed by atoms with van der Waals surface area (Å²) in [7, 11) is 0. The van der Waals surface area contributed by atoms with Gasteiger partial charge in [0.15, 0.2) is 0 Å². The summed E-state index contributed by atoms with van der Waals surface area (Å²) in [4.78, 5) is 26.7. The number of aromatic nitrogens is 2. The van der Waals surface area contributed by atoms with Crippen molar-refractivity contribution < 1.29 is 13.5 Å². The van der Waals surface area contributed by atoms with Crippen LogP contribution in [-0.4, -0.2) is 103 Å². The second-order valence-corrected chi connectivity index (χ2v) is 12.8. The molecule has 5 heterocycles. The van der Waals surface area contributed by atoms with E-state index in [1.54, 1.807) is 11.8 Å². The number of nitrogens with one attached hydrogen (secondary N) is 1. The highest BCUT2D eigenvalue weighted by molar-refractivity contribution is 7.99. The number of benzene rings is 2. The Bertz CT molecular complexity index is 1540. The van der Waals surface area contributed by atoms with Gasteiger partial charge in [-0.05, 0) is 37.6 Å². The average molecular weight is 583 g/mol. The van der Waals surface area contributed by atoms with Crippen LogP contribution in [0.3, 0.4) is 0 Å². The molecule has 1 N–H and O–H groups in total. The fourth-order valence-corrected chi connectivity index (χ4v) is 8.17. The van der Waals surface area contributed by atoms with Gasteiger partial charge in [-0.25, -0.2) is 13.6 Å². The lowest BCUT2D eigenvalue weighted by Crippen LogP contribution is -2.57. The zero-order valence-corrected chi connectivity index (χ0v) is 24.4. The Morgan fingerprint density at radius 1 is 1.12 bits per heavy atom. The van der Waals surface area contributed by atoms with Crippen LogP contribution in [0.5, 0.6) is 0 Å². The molecule has 0 spiro atoms. The molecular weight excluding hydrogens is 546 g/mol. The normalized spacial score (nSPS) is 24.1. The second-order valence-electron chi connectivity index (χ2n) is 11.7. The van der Waals surface area contributed by atoms with Crippen LogP contribution < -0.4 is 15.9 Å². The molecule has 0 amide bonds. The molecule has 8 nitrogen and oxygen atoms in total. The van der Waals surface area contributed by atoms with Crippen LogP contribution in [0.2, 0.25) is 0 Å². The SMILES string of the molecule is Cc1cc2c(N3CCNC[C@@H]3C)nc(=O)n3c2c(c1-c1ccc(F)cc1F)SC[C@@H]3CN1CCN(C2COC2)CC1. The maximum atomic E-state index is 15.2. The van der Waals surface area contributed by atoms with Crippen molar-refractivity contribution in [1.82, 2.24) is 24.7 Å². The number of hydrogen-bond acceptors (Lipinski definition) is 8. The van der Waals surface area contributed by atoms with Gasteiger partial charge in [0, 0.05) is 91.6 Å². The van der Waals surface area contributed by atoms with Crippen LogP contribution in [0, 0.1) is 18.6 Å². The highest BCUT2D eigenvalue weighted by Crippen LogP contribution is 2.46. The molecule has 2 atom stereocenters. The number of thioether (sulfide) groups is 1. The van der Waals surface area contributed by atoms with E-state index >= 15 is 4.39 Å². The van der Waals surface area contributed by atoms with Crippen LogP contribution in [0.4, 0.5) is 14.6 Å². The maximum Gasteiger partial charge on any atom is 0.350 e. The number of aryl methyl sites for hydroxylation is 1. The molecule has 0 bridgehead atoms. The predicted molar refractivity (Wildman–Crippen MR) is 158 cm³/mol. The van der Waals surface area contributed by atoms with Crippen molar-refractivity contribution >= 4 is 28.5 Å². The Morgan fingerprint density at radius 3 is 2.63 bits per heavy atom. The third-order valence-electron chi connectivity index (χ3n) is 9.11. The molecule has 0 unspecified atom stereocenters. The van der Waals surface area contributed by atoms with E-state index < -0.39 is 11.6 Å². The molecule has 0 radical (unpaired) electrons. The van der Waals surface area contributed by atoms with Crippen molar-refractivity contribution in [2.75, 3.05) is 76.2 Å². The minimum Gasteiger partial charge on any atom is -0.378 e. The second kappa shape index (κ2) is 10.9. The first-order chi connectivity index (χ1) is 19.9. The summed E-state index contributed by atoms with van der Waals surface area (Å²) >= 11 is 1.68. The quantitative estimate of drug-likeness (QED) is 0.493. The minimum atomic E-state index is -0.605. The first-order valence-electron chi connectivity index (χ1n) is 14.6. The molecule has 0 saturated carbocycles. The molecule has 11 heteroatoms. The Balaban J connectivity index is 1.33. The van der Waals surface area contributed by atoms with Crippen LogP contribution in [-0.2, 0) is 4.74 Å². The van der Waals surface area contributed by atoms with Gasteiger partial charge >= 0.3 is 5.69 Å². The Hall–Kier alpha value is -2.57. The first kappa shape index (κ1) is 27.3. The van der Waals surface area contributed by atoms with Gasteiger partial charge in [-0.15, -0.1) is 11.8 Å². The molecular formula is C30H36F2N6O2S. The van der Waals surface area contributed by atoms with Gasteiger partial charge in [0.25, 0.3) is 0 Å². The van der Waals surface area contributed by atoms with E-state index in [1.165, 1.54) is 12.1 Å². The largest absolute Gasteiger partial charge is 0.378 e. The van der Waals surface area contributed by atoms with Crippen molar-refractivity contribution in [2.45, 2.75) is 36.9 Å². The number of ether oxygens (including phenoxy) is 1. The van der Waals surface area contributed by atoms with E-state index in [1.807, 2.05) is 17.6 Å². The van der Waals surface area contributed by atoms with E-state index in [-0.39, 0.29) is 17.8 Å². The van der Waals surface area contributed by atoms with Crippen molar-refractivity contribution in [3.8, 4) is 11.1 Å². The monoisotopic (exact) mass is 582 g/mol. The third kappa shape index (κ3) is 4.85. The topological polar surface area (TPSA) is 65.9 Å². The number of rotatable bonds is 5. The zero-order valence-electron chi connectivity index (χ0n) is 23.5. The highest BCUT2D eigenvalue weighted by atomic mass is 32.2. The molecule has 4 aliphatic heterocycles. The predicted octanol–water partition coefficient (Wildman–Crippen LogP) is 3.11. The van der Waals surface area contributed by atoms with Crippen LogP contribution in [0.15, 0.2) is 34.0 Å². The summed E-state index contributed by atoms with van der Waals surface area (Å²) in [6.45, 7) is 12.8. The van der Waals surface area contributed by atoms with E-state index in [4.69, 9.17) is 9.72 Å². The van der Waals surface area contributed by atoms with Crippen LogP contribution in [0.1, 0.15) is 18.5 Å². The van der Waals surface area contributed by atoms with Gasteiger partial charge in [-0.3, -0.25) is 14.4 Å². The molecule has 41 heavy (non-hydrogen) atoms. The lowest BCUT2D eigenvalue weighted by molar-refractivity contribution is -0.0773. The summed E-state index contributed by atoms with van der Waals surface area (Å²) in [6.07, 6.45) is 0. The number of anilines is 1. The fourth-order valence-electron chi connectivity index (χ4n) is 6.80. The zero-order chi connectivity index (χ0) is 28.2. The van der Waals surface area contributed by atoms with Gasteiger partial charge in [-0.2, -0.15) is 4.98 Å². The van der Waals surface area contributed by atoms with Crippen molar-refractivity contribution in [3.63, 3.8) is 0 Å². The van der Waals surface area contributed by atoms with Gasteiger partial charge in [0.2, 0.25) is 0 Å². The van der Waals surface area contributed by atoms with Crippen molar-refractivity contribution in [1.29, 1.82) is 0 Å². The minimum absolute atomic E-state index is 0.0586. The van der Waals surface area contributed by atoms with E-state index in [0.717, 1.165) is 98.6 Å².